The first-order chi connectivity index (χ1) is 7.99. The zero-order valence-electron chi connectivity index (χ0n) is 9.04. The Kier molecular flexibility index (Phi) is 4.60. The molecule has 0 saturated carbocycles. The summed E-state index contributed by atoms with van der Waals surface area (Å²) in [4.78, 5) is 22.5. The van der Waals surface area contributed by atoms with Gasteiger partial charge in [0.05, 0.1) is 35.5 Å². The number of carbonyl (C=O) groups is 2. The van der Waals surface area contributed by atoms with Crippen LogP contribution in [-0.4, -0.2) is 26.3 Å². The molecule has 1 aromatic carbocycles. The van der Waals surface area contributed by atoms with Gasteiger partial charge in [0.1, 0.15) is 0 Å². The number of methoxy groups -OCH3 is 2. The Morgan fingerprint density at radius 1 is 1.12 bits per heavy atom. The van der Waals surface area contributed by atoms with Gasteiger partial charge in [-0.25, -0.2) is 9.59 Å². The van der Waals surface area contributed by atoms with E-state index in [1.165, 1.54) is 26.4 Å². The molecule has 0 fully saturated rings. The van der Waals surface area contributed by atoms with Crippen molar-refractivity contribution in [2.45, 2.75) is 0 Å². The molecule has 0 heterocycles. The molecule has 7 heteroatoms. The van der Waals surface area contributed by atoms with E-state index in [4.69, 9.17) is 23.2 Å². The fraction of sp³-hybridized carbons (Fsp3) is 0.200. The van der Waals surface area contributed by atoms with Gasteiger partial charge in [-0.3, -0.25) is 5.32 Å². The van der Waals surface area contributed by atoms with Gasteiger partial charge < -0.3 is 9.47 Å². The number of halogens is 2. The van der Waals surface area contributed by atoms with Crippen molar-refractivity contribution in [3.63, 3.8) is 0 Å². The minimum Gasteiger partial charge on any atom is -0.465 e. The lowest BCUT2D eigenvalue weighted by Gasteiger charge is -2.10. The van der Waals surface area contributed by atoms with Gasteiger partial charge in [0.2, 0.25) is 0 Å². The molecule has 0 radical (unpaired) electrons. The van der Waals surface area contributed by atoms with E-state index >= 15 is 0 Å². The van der Waals surface area contributed by atoms with Gasteiger partial charge in [0, 0.05) is 0 Å². The number of rotatable bonds is 2. The summed E-state index contributed by atoms with van der Waals surface area (Å²) in [7, 11) is 2.41. The maximum Gasteiger partial charge on any atom is 0.411 e. The fourth-order valence-corrected chi connectivity index (χ4v) is 1.42. The number of amides is 1. The highest BCUT2D eigenvalue weighted by Crippen LogP contribution is 2.29. The predicted octanol–water partition coefficient (Wildman–Crippen LogP) is 2.96. The van der Waals surface area contributed by atoms with Crippen molar-refractivity contribution >= 4 is 41.0 Å². The third-order valence-corrected chi connectivity index (χ3v) is 2.61. The van der Waals surface area contributed by atoms with Crippen molar-refractivity contribution in [3.8, 4) is 0 Å². The van der Waals surface area contributed by atoms with Crippen LogP contribution in [0.3, 0.4) is 0 Å². The van der Waals surface area contributed by atoms with E-state index in [0.29, 0.717) is 0 Å². The number of esters is 1. The van der Waals surface area contributed by atoms with Crippen molar-refractivity contribution < 1.29 is 19.1 Å². The summed E-state index contributed by atoms with van der Waals surface area (Å²) in [5.74, 6) is -0.644. The number of hydrogen-bond acceptors (Lipinski definition) is 4. The molecule has 1 aromatic rings. The number of benzene rings is 1. The average Bonchev–Trinajstić information content (AvgIpc) is 2.32. The summed E-state index contributed by atoms with van der Waals surface area (Å²) in [6.45, 7) is 0. The molecule has 1 N–H and O–H groups in total. The molecule has 0 unspecified atom stereocenters. The van der Waals surface area contributed by atoms with E-state index in [9.17, 15) is 9.59 Å². The van der Waals surface area contributed by atoms with Crippen molar-refractivity contribution in [1.29, 1.82) is 0 Å². The Morgan fingerprint density at radius 3 is 2.24 bits per heavy atom. The largest absolute Gasteiger partial charge is 0.465 e. The highest BCUT2D eigenvalue weighted by molar-refractivity contribution is 6.42. The number of nitrogens with one attached hydrogen (secondary N) is 1. The van der Waals surface area contributed by atoms with Crippen molar-refractivity contribution in [2.24, 2.45) is 0 Å². The van der Waals surface area contributed by atoms with Gasteiger partial charge in [-0.1, -0.05) is 23.2 Å². The van der Waals surface area contributed by atoms with Crippen LogP contribution >= 0.6 is 23.2 Å². The second-order valence-corrected chi connectivity index (χ2v) is 3.73. The van der Waals surface area contributed by atoms with Gasteiger partial charge >= 0.3 is 12.1 Å². The van der Waals surface area contributed by atoms with Crippen LogP contribution in [0, 0.1) is 0 Å². The predicted molar refractivity (Wildman–Crippen MR) is 63.8 cm³/mol. The Hall–Kier alpha value is -1.46. The van der Waals surface area contributed by atoms with Crippen LogP contribution in [0.2, 0.25) is 10.0 Å². The molecule has 0 aliphatic rings. The van der Waals surface area contributed by atoms with Crippen LogP contribution < -0.4 is 5.32 Å². The van der Waals surface area contributed by atoms with Gasteiger partial charge in [0.25, 0.3) is 0 Å². The Bertz CT molecular complexity index is 462. The third kappa shape index (κ3) is 3.25. The molecule has 92 valence electrons. The van der Waals surface area contributed by atoms with E-state index in [1.807, 2.05) is 0 Å². The minimum absolute atomic E-state index is 0.0901. The first kappa shape index (κ1) is 13.6. The van der Waals surface area contributed by atoms with Crippen LogP contribution in [0.5, 0.6) is 0 Å². The monoisotopic (exact) mass is 277 g/mol. The lowest BCUT2D eigenvalue weighted by atomic mass is 10.2. The van der Waals surface area contributed by atoms with Crippen LogP contribution in [-0.2, 0) is 9.47 Å². The Morgan fingerprint density at radius 2 is 1.71 bits per heavy atom. The Labute approximate surface area is 108 Å². The van der Waals surface area contributed by atoms with E-state index in [1.54, 1.807) is 0 Å². The summed E-state index contributed by atoms with van der Waals surface area (Å²) < 4.78 is 8.97. The third-order valence-electron chi connectivity index (χ3n) is 1.89. The summed E-state index contributed by atoms with van der Waals surface area (Å²) in [5.41, 5.74) is 0.255. The van der Waals surface area contributed by atoms with Crippen LogP contribution in [0.1, 0.15) is 10.4 Å². The quantitative estimate of drug-likeness (QED) is 0.845. The molecule has 5 nitrogen and oxygen atoms in total. The number of carbonyl (C=O) groups excluding carboxylic acids is 2. The summed E-state index contributed by atoms with van der Waals surface area (Å²) >= 11 is 11.6. The zero-order chi connectivity index (χ0) is 13.0. The van der Waals surface area contributed by atoms with Crippen LogP contribution in [0.15, 0.2) is 12.1 Å². The van der Waals surface area contributed by atoms with Crippen molar-refractivity contribution in [2.75, 3.05) is 19.5 Å². The summed E-state index contributed by atoms with van der Waals surface area (Å²) in [5, 5.41) is 2.72. The second kappa shape index (κ2) is 5.75. The molecular formula is C10H9Cl2NO4. The van der Waals surface area contributed by atoms with Gasteiger partial charge in [-0.15, -0.1) is 0 Å². The minimum atomic E-state index is -0.728. The first-order valence-electron chi connectivity index (χ1n) is 4.42. The van der Waals surface area contributed by atoms with Crippen molar-refractivity contribution in [3.05, 3.63) is 27.7 Å². The SMILES string of the molecule is COC(=O)Nc1cc(Cl)c(Cl)cc1C(=O)OC. The van der Waals surface area contributed by atoms with Crippen molar-refractivity contribution in [1.82, 2.24) is 0 Å². The number of anilines is 1. The van der Waals surface area contributed by atoms with E-state index < -0.39 is 12.1 Å². The molecule has 0 saturated heterocycles. The lowest BCUT2D eigenvalue weighted by molar-refractivity contribution is 0.0602. The molecular weight excluding hydrogens is 269 g/mol. The molecule has 0 aliphatic carbocycles. The fourth-order valence-electron chi connectivity index (χ4n) is 1.09. The van der Waals surface area contributed by atoms with Gasteiger partial charge in [-0.2, -0.15) is 0 Å². The maximum atomic E-state index is 11.5. The zero-order valence-corrected chi connectivity index (χ0v) is 10.6. The smallest absolute Gasteiger partial charge is 0.411 e. The van der Waals surface area contributed by atoms with Crippen LogP contribution in [0.4, 0.5) is 10.5 Å². The highest BCUT2D eigenvalue weighted by atomic mass is 35.5. The van der Waals surface area contributed by atoms with Crippen LogP contribution in [0.25, 0.3) is 0 Å². The summed E-state index contributed by atoms with van der Waals surface area (Å²) in [6.07, 6.45) is -0.728. The molecule has 0 atom stereocenters. The summed E-state index contributed by atoms with van der Waals surface area (Å²) in [6, 6.07) is 2.65. The molecule has 0 aliphatic heterocycles. The lowest BCUT2D eigenvalue weighted by Crippen LogP contribution is -2.15. The molecule has 0 bridgehead atoms. The second-order valence-electron chi connectivity index (χ2n) is 2.92. The van der Waals surface area contributed by atoms with Gasteiger partial charge in [0.15, 0.2) is 0 Å². The molecule has 0 spiro atoms. The number of ether oxygens (including phenoxy) is 2. The van der Waals surface area contributed by atoms with E-state index in [0.717, 1.165) is 0 Å². The highest BCUT2D eigenvalue weighted by Gasteiger charge is 2.16. The molecule has 1 rings (SSSR count). The number of hydrogen-bond donors (Lipinski definition) is 1. The molecule has 0 aromatic heterocycles. The van der Waals surface area contributed by atoms with E-state index in [-0.39, 0.29) is 21.3 Å². The normalized spacial score (nSPS) is 9.65. The van der Waals surface area contributed by atoms with E-state index in [2.05, 4.69) is 14.8 Å². The molecule has 17 heavy (non-hydrogen) atoms. The molecule has 1 amide bonds. The Balaban J connectivity index is 3.20. The average molecular weight is 278 g/mol. The maximum absolute atomic E-state index is 11.5. The topological polar surface area (TPSA) is 64.6 Å². The first-order valence-corrected chi connectivity index (χ1v) is 5.17. The van der Waals surface area contributed by atoms with Gasteiger partial charge in [-0.05, 0) is 12.1 Å². The standard InChI is InChI=1S/C10H9Cl2NO4/c1-16-9(14)5-3-6(11)7(12)4-8(5)13-10(15)17-2/h3-4H,1-2H3,(H,13,15).